The summed E-state index contributed by atoms with van der Waals surface area (Å²) >= 11 is 4.79. The van der Waals surface area contributed by atoms with Crippen LogP contribution in [0.5, 0.6) is 11.6 Å². The maximum absolute atomic E-state index is 9.78. The predicted octanol–water partition coefficient (Wildman–Crippen LogP) is 4.79. The Morgan fingerprint density at radius 1 is 1.26 bits per heavy atom. The number of aromatic nitrogens is 3. The Morgan fingerprint density at radius 2 is 2.11 bits per heavy atom. The van der Waals surface area contributed by atoms with Gasteiger partial charge in [-0.1, -0.05) is 36.0 Å². The van der Waals surface area contributed by atoms with Crippen LogP contribution in [-0.2, 0) is 0 Å². The van der Waals surface area contributed by atoms with Crippen LogP contribution >= 0.6 is 27.7 Å². The van der Waals surface area contributed by atoms with E-state index < -0.39 is 6.23 Å². The average Bonchev–Trinajstić information content (AvgIpc) is 2.85. The third-order valence-corrected chi connectivity index (χ3v) is 5.41. The fourth-order valence-electron chi connectivity index (χ4n) is 2.68. The van der Waals surface area contributed by atoms with E-state index in [1.54, 1.807) is 18.2 Å². The first-order chi connectivity index (χ1) is 13.2. The molecule has 0 saturated heterocycles. The lowest BCUT2D eigenvalue weighted by Crippen LogP contribution is -2.17. The van der Waals surface area contributed by atoms with Gasteiger partial charge in [0.15, 0.2) is 11.9 Å². The van der Waals surface area contributed by atoms with Gasteiger partial charge in [0.25, 0.3) is 0 Å². The van der Waals surface area contributed by atoms with Crippen molar-refractivity contribution in [1.82, 2.24) is 15.2 Å². The molecule has 136 valence electrons. The van der Waals surface area contributed by atoms with Gasteiger partial charge in [-0.25, -0.2) is 0 Å². The Labute approximate surface area is 168 Å². The number of anilines is 1. The lowest BCUT2D eigenvalue weighted by molar-refractivity contribution is 0.225. The standard InChI is InChI=1S/C19H15BrN4O2S/c1-2-9-27-19-22-18-16(23-24-19)12-5-3-4-6-14(12)21-17(26-18)11-7-8-15(25)13(20)10-11/h2-8,10,17,21,25H,1,9H2/t17-/m1/s1. The summed E-state index contributed by atoms with van der Waals surface area (Å²) in [6, 6.07) is 13.0. The summed E-state index contributed by atoms with van der Waals surface area (Å²) in [5.74, 6) is 1.26. The molecule has 1 aliphatic heterocycles. The zero-order valence-corrected chi connectivity index (χ0v) is 16.5. The number of nitrogens with one attached hydrogen (secondary N) is 1. The second-order valence-corrected chi connectivity index (χ2v) is 7.59. The Morgan fingerprint density at radius 3 is 2.93 bits per heavy atom. The summed E-state index contributed by atoms with van der Waals surface area (Å²) in [5.41, 5.74) is 3.16. The number of thioether (sulfide) groups is 1. The Kier molecular flexibility index (Phi) is 5.00. The maximum Gasteiger partial charge on any atom is 0.247 e. The third kappa shape index (κ3) is 3.63. The molecule has 1 atom stereocenters. The zero-order chi connectivity index (χ0) is 18.8. The van der Waals surface area contributed by atoms with Crippen LogP contribution in [0.1, 0.15) is 11.8 Å². The first-order valence-corrected chi connectivity index (χ1v) is 9.93. The number of ether oxygens (including phenoxy) is 1. The van der Waals surface area contributed by atoms with Crippen molar-refractivity contribution >= 4 is 33.4 Å². The highest BCUT2D eigenvalue weighted by Crippen LogP contribution is 2.40. The molecule has 2 aromatic carbocycles. The highest BCUT2D eigenvalue weighted by Gasteiger charge is 2.26. The number of halogens is 1. The molecule has 3 aromatic rings. The van der Waals surface area contributed by atoms with E-state index in [1.807, 2.05) is 30.3 Å². The van der Waals surface area contributed by atoms with Gasteiger partial charge in [0.1, 0.15) is 5.75 Å². The number of nitrogens with zero attached hydrogens (tertiary/aromatic N) is 3. The highest BCUT2D eigenvalue weighted by molar-refractivity contribution is 9.10. The van der Waals surface area contributed by atoms with Crippen LogP contribution in [0.2, 0.25) is 0 Å². The smallest absolute Gasteiger partial charge is 0.247 e. The topological polar surface area (TPSA) is 80.2 Å². The van der Waals surface area contributed by atoms with E-state index in [9.17, 15) is 5.11 Å². The van der Waals surface area contributed by atoms with E-state index >= 15 is 0 Å². The van der Waals surface area contributed by atoms with Crippen molar-refractivity contribution in [3.05, 3.63) is 65.2 Å². The highest BCUT2D eigenvalue weighted by atomic mass is 79.9. The normalized spacial score (nSPS) is 14.9. The van der Waals surface area contributed by atoms with Crippen LogP contribution in [-0.4, -0.2) is 26.0 Å². The fourth-order valence-corrected chi connectivity index (χ4v) is 3.59. The molecule has 0 saturated carbocycles. The van der Waals surface area contributed by atoms with Crippen molar-refractivity contribution in [2.75, 3.05) is 11.1 Å². The van der Waals surface area contributed by atoms with E-state index in [2.05, 4.69) is 43.0 Å². The predicted molar refractivity (Wildman–Crippen MR) is 109 cm³/mol. The number of phenols is 1. The van der Waals surface area contributed by atoms with Crippen molar-refractivity contribution in [2.45, 2.75) is 11.4 Å². The molecule has 0 unspecified atom stereocenters. The molecule has 0 bridgehead atoms. The second kappa shape index (κ2) is 7.58. The number of benzene rings is 2. The van der Waals surface area contributed by atoms with Crippen LogP contribution in [0.25, 0.3) is 11.3 Å². The number of rotatable bonds is 4. The molecule has 1 aromatic heterocycles. The van der Waals surface area contributed by atoms with E-state index in [-0.39, 0.29) is 5.75 Å². The molecule has 0 amide bonds. The number of fused-ring (bicyclic) bond motifs is 3. The summed E-state index contributed by atoms with van der Waals surface area (Å²) in [5, 5.41) is 22.2. The Bertz CT molecular complexity index is 1010. The molecule has 6 nitrogen and oxygen atoms in total. The van der Waals surface area contributed by atoms with Crippen LogP contribution < -0.4 is 10.1 Å². The van der Waals surface area contributed by atoms with Gasteiger partial charge in [0, 0.05) is 22.6 Å². The molecule has 8 heteroatoms. The van der Waals surface area contributed by atoms with E-state index in [0.29, 0.717) is 27.0 Å². The number of para-hydroxylation sites is 1. The quantitative estimate of drug-likeness (QED) is 0.444. The molecule has 27 heavy (non-hydrogen) atoms. The van der Waals surface area contributed by atoms with Gasteiger partial charge in [0.05, 0.1) is 4.47 Å². The number of aromatic hydroxyl groups is 1. The van der Waals surface area contributed by atoms with Crippen molar-refractivity contribution < 1.29 is 9.84 Å². The van der Waals surface area contributed by atoms with Gasteiger partial charge < -0.3 is 15.2 Å². The molecule has 0 radical (unpaired) electrons. The van der Waals surface area contributed by atoms with Gasteiger partial charge in [-0.3, -0.25) is 0 Å². The largest absolute Gasteiger partial charge is 0.507 e. The van der Waals surface area contributed by atoms with Crippen molar-refractivity contribution in [1.29, 1.82) is 0 Å². The molecular formula is C19H15BrN4O2S. The monoisotopic (exact) mass is 442 g/mol. The molecule has 0 spiro atoms. The van der Waals surface area contributed by atoms with Crippen LogP contribution in [0, 0.1) is 0 Å². The van der Waals surface area contributed by atoms with Gasteiger partial charge in [0.2, 0.25) is 11.0 Å². The van der Waals surface area contributed by atoms with Crippen molar-refractivity contribution in [3.8, 4) is 22.9 Å². The molecule has 4 rings (SSSR count). The van der Waals surface area contributed by atoms with Crippen molar-refractivity contribution in [3.63, 3.8) is 0 Å². The molecule has 2 N–H and O–H groups in total. The Balaban J connectivity index is 1.80. The maximum atomic E-state index is 9.78. The fraction of sp³-hybridized carbons (Fsp3) is 0.105. The van der Waals surface area contributed by atoms with Gasteiger partial charge in [-0.05, 0) is 40.2 Å². The van der Waals surface area contributed by atoms with Gasteiger partial charge >= 0.3 is 0 Å². The molecular weight excluding hydrogens is 428 g/mol. The summed E-state index contributed by atoms with van der Waals surface area (Å²) in [6.07, 6.45) is 1.28. The summed E-state index contributed by atoms with van der Waals surface area (Å²) < 4.78 is 6.76. The number of phenolic OH excluding ortho intramolecular Hbond substituents is 1. The summed E-state index contributed by atoms with van der Waals surface area (Å²) in [4.78, 5) is 4.54. The molecule has 1 aliphatic rings. The van der Waals surface area contributed by atoms with Gasteiger partial charge in [-0.2, -0.15) is 4.98 Å². The van der Waals surface area contributed by atoms with Crippen molar-refractivity contribution in [2.24, 2.45) is 0 Å². The zero-order valence-electron chi connectivity index (χ0n) is 14.1. The summed E-state index contributed by atoms with van der Waals surface area (Å²) in [7, 11) is 0. The van der Waals surface area contributed by atoms with E-state index in [0.717, 1.165) is 16.8 Å². The molecule has 0 aliphatic carbocycles. The van der Waals surface area contributed by atoms with Crippen LogP contribution in [0.15, 0.2) is 64.7 Å². The first-order valence-electron chi connectivity index (χ1n) is 8.15. The number of hydrogen-bond donors (Lipinski definition) is 2. The SMILES string of the molecule is C=CCSc1nnc2c(n1)O[C@H](c1ccc(O)c(Br)c1)Nc1ccccc1-2. The minimum absolute atomic E-state index is 0.167. The minimum Gasteiger partial charge on any atom is -0.507 e. The lowest BCUT2D eigenvalue weighted by atomic mass is 10.1. The minimum atomic E-state index is -0.502. The number of hydrogen-bond acceptors (Lipinski definition) is 7. The third-order valence-electron chi connectivity index (χ3n) is 3.94. The lowest BCUT2D eigenvalue weighted by Gasteiger charge is -2.19. The average molecular weight is 443 g/mol. The second-order valence-electron chi connectivity index (χ2n) is 5.75. The summed E-state index contributed by atoms with van der Waals surface area (Å²) in [6.45, 7) is 3.71. The first kappa shape index (κ1) is 17.8. The van der Waals surface area contributed by atoms with E-state index in [1.165, 1.54) is 11.8 Å². The van der Waals surface area contributed by atoms with Gasteiger partial charge in [-0.15, -0.1) is 16.8 Å². The molecule has 2 heterocycles. The van der Waals surface area contributed by atoms with E-state index in [4.69, 9.17) is 4.74 Å². The molecule has 0 fully saturated rings. The van der Waals surface area contributed by atoms with Crippen LogP contribution in [0.3, 0.4) is 0 Å². The Hall–Kier alpha value is -2.58. The van der Waals surface area contributed by atoms with Crippen LogP contribution in [0.4, 0.5) is 5.69 Å².